The molecule has 2 heterocycles. The van der Waals surface area contributed by atoms with Crippen molar-refractivity contribution in [1.82, 2.24) is 15.2 Å². The third kappa shape index (κ3) is 3.75. The van der Waals surface area contributed by atoms with Crippen LogP contribution in [0.15, 0.2) is 36.4 Å². The molecule has 0 aliphatic heterocycles. The number of benzene rings is 1. The van der Waals surface area contributed by atoms with Gasteiger partial charge in [0.1, 0.15) is 4.88 Å². The van der Waals surface area contributed by atoms with Gasteiger partial charge in [0.05, 0.1) is 16.4 Å². The number of carbonyl (C=O) groups is 1. The second kappa shape index (κ2) is 6.76. The molecule has 0 saturated carbocycles. The normalized spacial score (nSPS) is 10.5. The largest absolute Gasteiger partial charge is 0.339 e. The van der Waals surface area contributed by atoms with Gasteiger partial charge in [-0.15, -0.1) is 16.4 Å². The van der Waals surface area contributed by atoms with Crippen LogP contribution in [-0.2, 0) is 0 Å². The first-order valence-electron chi connectivity index (χ1n) is 7.44. The summed E-state index contributed by atoms with van der Waals surface area (Å²) in [6.45, 7) is 5.62. The van der Waals surface area contributed by atoms with Crippen LogP contribution in [0.4, 0.5) is 17.2 Å². The first kappa shape index (κ1) is 16.1. The summed E-state index contributed by atoms with van der Waals surface area (Å²) >= 11 is 1.40. The number of thiazole rings is 1. The van der Waals surface area contributed by atoms with E-state index >= 15 is 0 Å². The number of rotatable bonds is 4. The molecule has 6 nitrogen and oxygen atoms in total. The summed E-state index contributed by atoms with van der Waals surface area (Å²) in [6, 6.07) is 11.2. The van der Waals surface area contributed by atoms with E-state index in [1.807, 2.05) is 57.2 Å². The first-order valence-corrected chi connectivity index (χ1v) is 8.26. The molecule has 0 aliphatic carbocycles. The lowest BCUT2D eigenvalue weighted by Gasteiger charge is -2.07. The zero-order chi connectivity index (χ0) is 17.1. The molecule has 0 atom stereocenters. The Morgan fingerprint density at radius 2 is 1.67 bits per heavy atom. The molecule has 0 saturated heterocycles. The SMILES string of the molecule is Cc1ccc(Nc2ccc(NC(=O)c3sc(C)nc3C)cc2)nn1. The van der Waals surface area contributed by atoms with Crippen molar-refractivity contribution in [3.63, 3.8) is 0 Å². The minimum absolute atomic E-state index is 0.136. The van der Waals surface area contributed by atoms with Crippen molar-refractivity contribution in [2.75, 3.05) is 10.6 Å². The van der Waals surface area contributed by atoms with Crippen molar-refractivity contribution in [3.8, 4) is 0 Å². The highest BCUT2D eigenvalue weighted by molar-refractivity contribution is 7.13. The van der Waals surface area contributed by atoms with Gasteiger partial charge in [-0.05, 0) is 57.2 Å². The summed E-state index contributed by atoms with van der Waals surface area (Å²) in [6.07, 6.45) is 0. The average Bonchev–Trinajstić information content (AvgIpc) is 2.90. The highest BCUT2D eigenvalue weighted by Crippen LogP contribution is 2.21. The lowest BCUT2D eigenvalue weighted by Crippen LogP contribution is -2.11. The van der Waals surface area contributed by atoms with Gasteiger partial charge in [-0.25, -0.2) is 4.98 Å². The number of nitrogens with zero attached hydrogens (tertiary/aromatic N) is 3. The van der Waals surface area contributed by atoms with Gasteiger partial charge in [-0.2, -0.15) is 5.10 Å². The lowest BCUT2D eigenvalue weighted by molar-refractivity contribution is 0.103. The van der Waals surface area contributed by atoms with Crippen LogP contribution in [0.1, 0.15) is 26.1 Å². The van der Waals surface area contributed by atoms with Crippen LogP contribution in [0.3, 0.4) is 0 Å². The third-order valence-corrected chi connectivity index (χ3v) is 4.39. The Morgan fingerprint density at radius 3 is 2.25 bits per heavy atom. The van der Waals surface area contributed by atoms with Gasteiger partial charge >= 0.3 is 0 Å². The van der Waals surface area contributed by atoms with E-state index in [4.69, 9.17) is 0 Å². The van der Waals surface area contributed by atoms with Crippen molar-refractivity contribution >= 4 is 34.4 Å². The summed E-state index contributed by atoms with van der Waals surface area (Å²) in [5.41, 5.74) is 3.22. The number of hydrogen-bond donors (Lipinski definition) is 2. The van der Waals surface area contributed by atoms with E-state index in [0.29, 0.717) is 10.7 Å². The van der Waals surface area contributed by atoms with E-state index < -0.39 is 0 Å². The Kier molecular flexibility index (Phi) is 4.52. The summed E-state index contributed by atoms with van der Waals surface area (Å²) in [5.74, 6) is 0.538. The van der Waals surface area contributed by atoms with E-state index in [9.17, 15) is 4.79 Å². The molecule has 0 fully saturated rings. The smallest absolute Gasteiger partial charge is 0.267 e. The maximum Gasteiger partial charge on any atom is 0.267 e. The number of carbonyl (C=O) groups excluding carboxylic acids is 1. The number of amides is 1. The molecular weight excluding hydrogens is 322 g/mol. The third-order valence-electron chi connectivity index (χ3n) is 3.32. The number of nitrogens with one attached hydrogen (secondary N) is 2. The Bertz CT molecular complexity index is 856. The second-order valence-electron chi connectivity index (χ2n) is 5.36. The number of aryl methyl sites for hydroxylation is 3. The molecule has 0 unspecified atom stereocenters. The molecule has 24 heavy (non-hydrogen) atoms. The van der Waals surface area contributed by atoms with Crippen LogP contribution in [0.25, 0.3) is 0 Å². The highest BCUT2D eigenvalue weighted by atomic mass is 32.1. The van der Waals surface area contributed by atoms with Crippen molar-refractivity contribution in [3.05, 3.63) is 57.7 Å². The Labute approximate surface area is 144 Å². The van der Waals surface area contributed by atoms with Crippen LogP contribution >= 0.6 is 11.3 Å². The highest BCUT2D eigenvalue weighted by Gasteiger charge is 2.13. The Balaban J connectivity index is 1.67. The van der Waals surface area contributed by atoms with Gasteiger partial charge in [0.25, 0.3) is 5.91 Å². The lowest BCUT2D eigenvalue weighted by atomic mass is 10.2. The number of hydrogen-bond acceptors (Lipinski definition) is 6. The van der Waals surface area contributed by atoms with E-state index in [0.717, 1.165) is 27.8 Å². The number of aromatic nitrogens is 3. The monoisotopic (exact) mass is 339 g/mol. The molecule has 0 aliphatic rings. The quantitative estimate of drug-likeness (QED) is 0.754. The number of anilines is 3. The molecule has 3 aromatic rings. The van der Waals surface area contributed by atoms with Crippen molar-refractivity contribution in [2.45, 2.75) is 20.8 Å². The fourth-order valence-corrected chi connectivity index (χ4v) is 3.00. The van der Waals surface area contributed by atoms with Crippen molar-refractivity contribution < 1.29 is 4.79 Å². The molecule has 1 aromatic carbocycles. The Hall–Kier alpha value is -2.80. The topological polar surface area (TPSA) is 79.8 Å². The predicted molar refractivity (Wildman–Crippen MR) is 96.0 cm³/mol. The van der Waals surface area contributed by atoms with E-state index in [1.165, 1.54) is 11.3 Å². The summed E-state index contributed by atoms with van der Waals surface area (Å²) in [5, 5.41) is 15.0. The van der Waals surface area contributed by atoms with Gasteiger partial charge < -0.3 is 10.6 Å². The van der Waals surface area contributed by atoms with Gasteiger partial charge in [0.15, 0.2) is 5.82 Å². The molecule has 7 heteroatoms. The molecular formula is C17H17N5OS. The summed E-state index contributed by atoms with van der Waals surface area (Å²) < 4.78 is 0. The van der Waals surface area contributed by atoms with E-state index in [-0.39, 0.29) is 5.91 Å². The zero-order valence-corrected chi connectivity index (χ0v) is 14.4. The second-order valence-corrected chi connectivity index (χ2v) is 6.57. The maximum absolute atomic E-state index is 12.3. The molecule has 3 rings (SSSR count). The standard InChI is InChI=1S/C17H17N5OS/c1-10-4-9-15(22-21-10)19-13-5-7-14(8-6-13)20-17(23)16-11(2)18-12(3)24-16/h4-9H,1-3H3,(H,19,22)(H,20,23). The van der Waals surface area contributed by atoms with E-state index in [1.54, 1.807) is 0 Å². The minimum atomic E-state index is -0.136. The minimum Gasteiger partial charge on any atom is -0.339 e. The molecule has 0 spiro atoms. The Morgan fingerprint density at radius 1 is 0.958 bits per heavy atom. The van der Waals surface area contributed by atoms with Gasteiger partial charge in [0, 0.05) is 11.4 Å². The van der Waals surface area contributed by atoms with Crippen molar-refractivity contribution in [1.29, 1.82) is 0 Å². The molecule has 122 valence electrons. The van der Waals surface area contributed by atoms with Crippen LogP contribution < -0.4 is 10.6 Å². The molecule has 2 N–H and O–H groups in total. The van der Waals surface area contributed by atoms with Crippen molar-refractivity contribution in [2.24, 2.45) is 0 Å². The van der Waals surface area contributed by atoms with Crippen LogP contribution in [0.2, 0.25) is 0 Å². The molecule has 2 aromatic heterocycles. The molecule has 0 radical (unpaired) electrons. The zero-order valence-electron chi connectivity index (χ0n) is 13.6. The van der Waals surface area contributed by atoms with Gasteiger partial charge in [-0.1, -0.05) is 0 Å². The fourth-order valence-electron chi connectivity index (χ4n) is 2.18. The molecule has 0 bridgehead atoms. The summed E-state index contributed by atoms with van der Waals surface area (Å²) in [4.78, 5) is 17.2. The average molecular weight is 339 g/mol. The molecule has 1 amide bonds. The fraction of sp³-hybridized carbons (Fsp3) is 0.176. The maximum atomic E-state index is 12.3. The van der Waals surface area contributed by atoms with Crippen LogP contribution in [0, 0.1) is 20.8 Å². The van der Waals surface area contributed by atoms with Crippen LogP contribution in [0.5, 0.6) is 0 Å². The van der Waals surface area contributed by atoms with Gasteiger partial charge in [0.2, 0.25) is 0 Å². The first-order chi connectivity index (χ1) is 11.5. The summed E-state index contributed by atoms with van der Waals surface area (Å²) in [7, 11) is 0. The van der Waals surface area contributed by atoms with Gasteiger partial charge in [-0.3, -0.25) is 4.79 Å². The van der Waals surface area contributed by atoms with Crippen LogP contribution in [-0.4, -0.2) is 21.1 Å². The van der Waals surface area contributed by atoms with E-state index in [2.05, 4.69) is 25.8 Å². The predicted octanol–water partition coefficient (Wildman–Crippen LogP) is 3.85.